The summed E-state index contributed by atoms with van der Waals surface area (Å²) in [7, 11) is 1.25. The molecule has 11 atom stereocenters. The van der Waals surface area contributed by atoms with Gasteiger partial charge >= 0.3 is 5.97 Å². The molecule has 14 nitrogen and oxygen atoms in total. The molecular formula is C30H54N4O10. The van der Waals surface area contributed by atoms with Crippen LogP contribution in [-0.2, 0) is 42.7 Å². The number of aldehydes is 1. The zero-order valence-electron chi connectivity index (χ0n) is 27.5. The van der Waals surface area contributed by atoms with Gasteiger partial charge in [0.1, 0.15) is 18.5 Å². The Balaban J connectivity index is 0.00000216. The van der Waals surface area contributed by atoms with Gasteiger partial charge in [-0.15, -0.1) is 0 Å². The summed E-state index contributed by atoms with van der Waals surface area (Å²) in [5, 5.41) is 14.6. The molecule has 3 fully saturated rings. The molecule has 3 rings (SSSR count). The molecule has 3 saturated heterocycles. The summed E-state index contributed by atoms with van der Waals surface area (Å²) in [6.07, 6.45) is -0.133. The minimum absolute atomic E-state index is 0.0127. The van der Waals surface area contributed by atoms with E-state index >= 15 is 0 Å². The molecule has 254 valence electrons. The first-order chi connectivity index (χ1) is 20.8. The summed E-state index contributed by atoms with van der Waals surface area (Å²) >= 11 is 0. The van der Waals surface area contributed by atoms with Crippen molar-refractivity contribution in [2.24, 2.45) is 28.6 Å². The molecular weight excluding hydrogens is 576 g/mol. The van der Waals surface area contributed by atoms with Crippen molar-refractivity contribution < 1.29 is 47.9 Å². The number of methoxy groups -OCH3 is 1. The highest BCUT2D eigenvalue weighted by Crippen LogP contribution is 2.41. The van der Waals surface area contributed by atoms with E-state index in [-0.39, 0.29) is 36.9 Å². The van der Waals surface area contributed by atoms with E-state index in [9.17, 15) is 9.90 Å². The molecule has 0 aromatic heterocycles. The molecule has 0 bridgehead atoms. The quantitative estimate of drug-likeness (QED) is 0.0754. The fourth-order valence-electron chi connectivity index (χ4n) is 5.95. The normalized spacial score (nSPS) is 38.1. The van der Waals surface area contributed by atoms with Gasteiger partial charge in [0.2, 0.25) is 0 Å². The van der Waals surface area contributed by atoms with Gasteiger partial charge in [0.15, 0.2) is 12.1 Å². The maximum Gasteiger partial charge on any atom is 0.366 e. The van der Waals surface area contributed by atoms with Crippen molar-refractivity contribution in [2.75, 3.05) is 26.9 Å². The summed E-state index contributed by atoms with van der Waals surface area (Å²) < 4.78 is 42.3. The van der Waals surface area contributed by atoms with E-state index in [0.29, 0.717) is 19.6 Å². The molecule has 0 aliphatic carbocycles. The molecule has 0 aromatic rings. The number of rotatable bonds is 13. The Morgan fingerprint density at radius 1 is 1.09 bits per heavy atom. The number of hydrogen-bond acceptors (Lipinski definition) is 12. The molecule has 3 N–H and O–H groups in total. The largest absolute Gasteiger partial charge is 0.465 e. The second-order valence-electron chi connectivity index (χ2n) is 12.3. The number of aliphatic hydroxyl groups excluding tert-OH is 1. The molecule has 3 unspecified atom stereocenters. The Hall–Kier alpha value is -1.87. The molecule has 14 heteroatoms. The van der Waals surface area contributed by atoms with Crippen molar-refractivity contribution in [3.05, 3.63) is 10.4 Å². The summed E-state index contributed by atoms with van der Waals surface area (Å²) in [6.45, 7) is 14.3. The van der Waals surface area contributed by atoms with Gasteiger partial charge in [-0.25, -0.2) is 4.79 Å². The topological polar surface area (TPSA) is 194 Å². The number of ether oxygens (including phenoxy) is 7. The average molecular weight is 631 g/mol. The van der Waals surface area contributed by atoms with E-state index in [1.807, 2.05) is 6.92 Å². The van der Waals surface area contributed by atoms with Crippen molar-refractivity contribution in [3.63, 3.8) is 0 Å². The molecule has 0 radical (unpaired) electrons. The van der Waals surface area contributed by atoms with Gasteiger partial charge in [-0.1, -0.05) is 39.2 Å². The first-order valence-electron chi connectivity index (χ1n) is 15.7. The SMILES string of the molecule is CC=O.CC[C@H]1OC(C)(C)O[C@H]1C1O[C@@](OCC2O[C@H](OCCCCCN=[N+]=[N-])C(C)[C@@H](C)[C@H]2C)(C(=O)OC)C[C@@H](O)[C@H]1N. The molecule has 44 heavy (non-hydrogen) atoms. The van der Waals surface area contributed by atoms with Gasteiger partial charge in [-0.05, 0) is 57.4 Å². The van der Waals surface area contributed by atoms with Crippen LogP contribution in [0.5, 0.6) is 0 Å². The maximum absolute atomic E-state index is 13.2. The van der Waals surface area contributed by atoms with Crippen LogP contribution in [0.15, 0.2) is 5.11 Å². The lowest BCUT2D eigenvalue weighted by Gasteiger charge is -2.47. The zero-order chi connectivity index (χ0) is 33.1. The van der Waals surface area contributed by atoms with Crippen LogP contribution in [0.2, 0.25) is 0 Å². The highest BCUT2D eigenvalue weighted by atomic mass is 16.8. The van der Waals surface area contributed by atoms with Gasteiger partial charge in [0.05, 0.1) is 38.1 Å². The van der Waals surface area contributed by atoms with Gasteiger partial charge < -0.3 is 48.8 Å². The van der Waals surface area contributed by atoms with Crippen LogP contribution < -0.4 is 5.73 Å². The Bertz CT molecular complexity index is 951. The number of carbonyl (C=O) groups excluding carboxylic acids is 2. The summed E-state index contributed by atoms with van der Waals surface area (Å²) in [5.41, 5.74) is 14.8. The second kappa shape index (κ2) is 17.7. The Morgan fingerprint density at radius 3 is 2.39 bits per heavy atom. The summed E-state index contributed by atoms with van der Waals surface area (Å²) in [5.74, 6) is -3.06. The van der Waals surface area contributed by atoms with Crippen LogP contribution >= 0.6 is 0 Å². The Morgan fingerprint density at radius 2 is 1.77 bits per heavy atom. The number of esters is 1. The van der Waals surface area contributed by atoms with Crippen molar-refractivity contribution >= 4 is 12.3 Å². The van der Waals surface area contributed by atoms with E-state index in [1.54, 1.807) is 13.8 Å². The van der Waals surface area contributed by atoms with Crippen molar-refractivity contribution in [3.8, 4) is 0 Å². The lowest BCUT2D eigenvalue weighted by atomic mass is 9.79. The van der Waals surface area contributed by atoms with Crippen molar-refractivity contribution in [1.82, 2.24) is 0 Å². The number of unbranched alkanes of at least 4 members (excludes halogenated alkanes) is 2. The van der Waals surface area contributed by atoms with Crippen LogP contribution in [0.3, 0.4) is 0 Å². The Kier molecular flexibility index (Phi) is 15.4. The third-order valence-electron chi connectivity index (χ3n) is 8.78. The third-order valence-corrected chi connectivity index (χ3v) is 8.78. The standard InChI is InChI=1S/C28H50N4O9.C2H4O/c1-8-20-23(40-27(5,6)39-20)24-22(29)19(33)14-28(41-24,26(34)35-7)37-15-21-17(3)16(2)18(4)25(38-21)36-13-11-9-10-12-31-32-30;1-2-3/h16-25,33H,8-15,29H2,1-7H3;2H,1H3/t16-,17+,18?,19+,20+,21?,22+,23+,24?,25-,28+;/m0./s1. The molecule has 0 spiro atoms. The molecule has 0 saturated carbocycles. The molecule has 3 heterocycles. The van der Waals surface area contributed by atoms with E-state index in [0.717, 1.165) is 25.5 Å². The van der Waals surface area contributed by atoms with Crippen LogP contribution in [0.4, 0.5) is 0 Å². The van der Waals surface area contributed by atoms with Gasteiger partial charge in [-0.3, -0.25) is 0 Å². The predicted octanol–water partition coefficient (Wildman–Crippen LogP) is 3.62. The fourth-order valence-corrected chi connectivity index (χ4v) is 5.95. The molecule has 3 aliphatic heterocycles. The van der Waals surface area contributed by atoms with Gasteiger partial charge in [0.25, 0.3) is 5.79 Å². The van der Waals surface area contributed by atoms with Crippen LogP contribution in [0.1, 0.15) is 80.6 Å². The number of hydrogen-bond donors (Lipinski definition) is 2. The van der Waals surface area contributed by atoms with E-state index < -0.39 is 54.3 Å². The van der Waals surface area contributed by atoms with E-state index in [4.69, 9.17) is 49.2 Å². The van der Waals surface area contributed by atoms with E-state index in [1.165, 1.54) is 14.0 Å². The lowest BCUT2D eigenvalue weighted by molar-refractivity contribution is -0.326. The lowest BCUT2D eigenvalue weighted by Crippen LogP contribution is -2.66. The first kappa shape index (κ1) is 38.3. The number of carbonyl (C=O) groups is 2. The minimum atomic E-state index is -1.90. The number of aliphatic hydroxyl groups is 1. The monoisotopic (exact) mass is 630 g/mol. The van der Waals surface area contributed by atoms with E-state index in [2.05, 4.69) is 30.8 Å². The first-order valence-corrected chi connectivity index (χ1v) is 15.7. The highest BCUT2D eigenvalue weighted by Gasteiger charge is 2.58. The van der Waals surface area contributed by atoms with Crippen LogP contribution in [0, 0.1) is 17.8 Å². The zero-order valence-corrected chi connectivity index (χ0v) is 27.5. The number of azide groups is 1. The molecule has 0 aromatic carbocycles. The minimum Gasteiger partial charge on any atom is -0.465 e. The second-order valence-corrected chi connectivity index (χ2v) is 12.3. The Labute approximate surface area is 261 Å². The number of nitrogens with two attached hydrogens (primary N) is 1. The third kappa shape index (κ3) is 9.81. The van der Waals surface area contributed by atoms with Crippen molar-refractivity contribution in [1.29, 1.82) is 0 Å². The highest BCUT2D eigenvalue weighted by molar-refractivity contribution is 5.78. The smallest absolute Gasteiger partial charge is 0.366 e. The fraction of sp³-hybridized carbons (Fsp3) is 0.933. The van der Waals surface area contributed by atoms with Gasteiger partial charge in [0, 0.05) is 30.4 Å². The number of nitrogens with zero attached hydrogens (tertiary/aromatic N) is 3. The summed E-state index contributed by atoms with van der Waals surface area (Å²) in [4.78, 5) is 24.8. The molecule has 0 amide bonds. The summed E-state index contributed by atoms with van der Waals surface area (Å²) in [6, 6.07) is -0.830. The van der Waals surface area contributed by atoms with Crippen molar-refractivity contribution in [2.45, 2.75) is 135 Å². The van der Waals surface area contributed by atoms with Crippen LogP contribution in [-0.4, -0.2) is 98.7 Å². The average Bonchev–Trinajstić information content (AvgIpc) is 3.31. The van der Waals surface area contributed by atoms with Crippen LogP contribution in [0.25, 0.3) is 10.4 Å². The molecule has 3 aliphatic rings. The maximum atomic E-state index is 13.2. The predicted molar refractivity (Wildman–Crippen MR) is 160 cm³/mol. The van der Waals surface area contributed by atoms with Gasteiger partial charge in [-0.2, -0.15) is 0 Å².